The summed E-state index contributed by atoms with van der Waals surface area (Å²) in [6.07, 6.45) is -4.89. The summed E-state index contributed by atoms with van der Waals surface area (Å²) in [5, 5.41) is 22.7. The van der Waals surface area contributed by atoms with Crippen LogP contribution >= 0.6 is 0 Å². The first kappa shape index (κ1) is 53.8. The molecule has 20 rings (SSSR count). The van der Waals surface area contributed by atoms with E-state index in [0.717, 1.165) is 132 Å². The zero-order chi connectivity index (χ0) is 63.7. The van der Waals surface area contributed by atoms with Gasteiger partial charge in [-0.1, -0.05) is 158 Å². The fourth-order valence-corrected chi connectivity index (χ4v) is 16.0. The van der Waals surface area contributed by atoms with Crippen molar-refractivity contribution >= 4 is 131 Å². The highest BCUT2D eigenvalue weighted by Crippen LogP contribution is 2.48. The van der Waals surface area contributed by atoms with Gasteiger partial charge < -0.3 is 27.4 Å². The van der Waals surface area contributed by atoms with Crippen molar-refractivity contribution in [3.63, 3.8) is 0 Å². The van der Waals surface area contributed by atoms with Crippen molar-refractivity contribution in [3.8, 4) is 51.3 Å². The Morgan fingerprint density at radius 3 is 0.792 bits per heavy atom. The van der Waals surface area contributed by atoms with Gasteiger partial charge in [-0.3, -0.25) is 0 Å². The number of nitrogens with zero attached hydrogens (tertiary/aromatic N) is 7. The van der Waals surface area contributed by atoms with E-state index in [1.54, 1.807) is 18.2 Å². The first-order chi connectivity index (χ1) is 47.2. The Morgan fingerprint density at radius 1 is 0.240 bits per heavy atom. The highest BCUT2D eigenvalue weighted by atomic mass is 19.4. The number of rotatable bonds is 7. The number of para-hydroxylation sites is 8. The average Bonchev–Trinajstić information content (AvgIpc) is 1.51. The summed E-state index contributed by atoms with van der Waals surface area (Å²) in [6.45, 7) is 0. The summed E-state index contributed by atoms with van der Waals surface area (Å²) >= 11 is 0. The second-order valence-corrected chi connectivity index (χ2v) is 25.0. The zero-order valence-electron chi connectivity index (χ0n) is 51.1. The van der Waals surface area contributed by atoms with Crippen LogP contribution in [-0.2, 0) is 6.18 Å². The number of fused-ring (bicyclic) bond motifs is 18. The van der Waals surface area contributed by atoms with Crippen LogP contribution in [0.25, 0.3) is 176 Å². The Hall–Kier alpha value is -12.8. The molecule has 6 aromatic heterocycles. The maximum atomic E-state index is 17.3. The number of alkyl halides is 3. The topological polar surface area (TPSA) is 53.4 Å². The molecule has 0 unspecified atom stereocenters. The van der Waals surface area contributed by atoms with Gasteiger partial charge >= 0.3 is 6.18 Å². The minimum absolute atomic E-state index is 0.0547. The second kappa shape index (κ2) is 20.1. The van der Waals surface area contributed by atoms with Gasteiger partial charge in [0.2, 0.25) is 0 Å². The van der Waals surface area contributed by atoms with Crippen LogP contribution in [0.5, 0.6) is 0 Å². The lowest BCUT2D eigenvalue weighted by Gasteiger charge is -2.22. The number of halogens is 3. The largest absolute Gasteiger partial charge is 0.418 e. The van der Waals surface area contributed by atoms with E-state index in [1.165, 1.54) is 6.07 Å². The van der Waals surface area contributed by atoms with E-state index < -0.39 is 11.7 Å². The summed E-state index contributed by atoms with van der Waals surface area (Å²) < 4.78 is 64.7. The Bertz CT molecular complexity index is 6240. The van der Waals surface area contributed by atoms with Crippen molar-refractivity contribution in [3.05, 3.63) is 314 Å². The molecule has 0 aliphatic heterocycles. The van der Waals surface area contributed by atoms with Gasteiger partial charge in [-0.15, -0.1) is 0 Å². The van der Waals surface area contributed by atoms with E-state index in [1.807, 2.05) is 69.8 Å². The summed E-state index contributed by atoms with van der Waals surface area (Å²) in [5.41, 5.74) is 15.3. The van der Waals surface area contributed by atoms with Crippen LogP contribution in [0.3, 0.4) is 0 Å². The van der Waals surface area contributed by atoms with Crippen molar-refractivity contribution in [2.75, 3.05) is 0 Å². The molecule has 0 bridgehead atoms. The Kier molecular flexibility index (Phi) is 11.3. The summed E-state index contributed by atoms with van der Waals surface area (Å²) in [4.78, 5) is 0. The number of hydrogen-bond donors (Lipinski definition) is 0. The molecule has 10 heteroatoms. The Morgan fingerprint density at radius 2 is 0.510 bits per heavy atom. The lowest BCUT2D eigenvalue weighted by atomic mass is 9.97. The van der Waals surface area contributed by atoms with Crippen LogP contribution in [0.1, 0.15) is 11.1 Å². The normalized spacial score (nSPS) is 12.3. The quantitative estimate of drug-likeness (QED) is 0.157. The maximum Gasteiger partial charge on any atom is 0.418 e. The minimum Gasteiger partial charge on any atom is -0.309 e. The monoisotopic (exact) mass is 1240 g/mol. The molecule has 450 valence electrons. The highest BCUT2D eigenvalue weighted by Gasteiger charge is 2.37. The SMILES string of the molecule is N#Cc1cccc(-c2cc(-n3c4ccc(-n5c6ccccc6c6ccccc65)cc4c4cc(-n5c6ccccc6c6ccccc65)ccc43)c(C(F)(F)F)cc2-n2c3ccc(-n4c5ccccc5c5ccccc54)cc3c3cc(-n4c5ccccc5c5ccccc54)ccc32)c1. The van der Waals surface area contributed by atoms with Gasteiger partial charge in [-0.25, -0.2) is 0 Å². The first-order valence-corrected chi connectivity index (χ1v) is 32.1. The van der Waals surface area contributed by atoms with E-state index >= 15 is 13.2 Å². The highest BCUT2D eigenvalue weighted by molar-refractivity contribution is 6.17. The van der Waals surface area contributed by atoms with Crippen molar-refractivity contribution < 1.29 is 13.2 Å². The number of aromatic nitrogens is 6. The van der Waals surface area contributed by atoms with Crippen molar-refractivity contribution in [1.29, 1.82) is 5.26 Å². The van der Waals surface area contributed by atoms with Crippen LogP contribution in [0.15, 0.2) is 303 Å². The van der Waals surface area contributed by atoms with E-state index in [0.29, 0.717) is 44.4 Å². The Balaban J connectivity index is 0.887. The number of benzene rings is 14. The third-order valence-electron chi connectivity index (χ3n) is 20.0. The fourth-order valence-electron chi connectivity index (χ4n) is 16.0. The summed E-state index contributed by atoms with van der Waals surface area (Å²) in [6, 6.07) is 105. The molecule has 0 atom stereocenters. The third kappa shape index (κ3) is 7.65. The van der Waals surface area contributed by atoms with E-state index in [9.17, 15) is 5.26 Å². The van der Waals surface area contributed by atoms with Crippen LogP contribution < -0.4 is 0 Å². The predicted molar refractivity (Wildman–Crippen MR) is 388 cm³/mol. The molecule has 0 N–H and O–H groups in total. The predicted octanol–water partition coefficient (Wildman–Crippen LogP) is 22.8. The van der Waals surface area contributed by atoms with Gasteiger partial charge in [0.15, 0.2) is 0 Å². The molecule has 6 heterocycles. The lowest BCUT2D eigenvalue weighted by molar-refractivity contribution is -0.137. The molecule has 7 nitrogen and oxygen atoms in total. The number of nitriles is 1. The van der Waals surface area contributed by atoms with Crippen molar-refractivity contribution in [2.45, 2.75) is 6.18 Å². The first-order valence-electron chi connectivity index (χ1n) is 32.1. The third-order valence-corrected chi connectivity index (χ3v) is 20.0. The van der Waals surface area contributed by atoms with Crippen LogP contribution in [0, 0.1) is 11.3 Å². The molecule has 0 aliphatic rings. The molecule has 96 heavy (non-hydrogen) atoms. The molecule has 0 saturated carbocycles. The molecule has 20 aromatic rings. The molecular weight excluding hydrogens is 1190 g/mol. The van der Waals surface area contributed by atoms with Gasteiger partial charge in [0.25, 0.3) is 0 Å². The lowest BCUT2D eigenvalue weighted by Crippen LogP contribution is -2.13. The van der Waals surface area contributed by atoms with Gasteiger partial charge in [0.05, 0.1) is 94.8 Å². The molecule has 0 fully saturated rings. The molecule has 0 aliphatic carbocycles. The van der Waals surface area contributed by atoms with Crippen LogP contribution in [-0.4, -0.2) is 27.4 Å². The fraction of sp³-hybridized carbons (Fsp3) is 0.0116. The van der Waals surface area contributed by atoms with Gasteiger partial charge in [-0.2, -0.15) is 18.4 Å². The average molecular weight is 1240 g/mol. The van der Waals surface area contributed by atoms with Crippen LogP contribution in [0.2, 0.25) is 0 Å². The molecule has 14 aromatic carbocycles. The van der Waals surface area contributed by atoms with Crippen molar-refractivity contribution in [2.24, 2.45) is 0 Å². The summed E-state index contributed by atoms with van der Waals surface area (Å²) in [5.74, 6) is 0. The molecule has 0 amide bonds. The Labute approximate surface area is 545 Å². The van der Waals surface area contributed by atoms with Gasteiger partial charge in [0.1, 0.15) is 0 Å². The standard InChI is InChI=1S/C86H50F3N7/c87-86(88,89)71-50-84(95-80-40-36-54(91-72-28-9-1-20-58(72)59-21-2-10-29-73(59)91)45-67(80)68-46-55(37-41-81(68)95)92-74-30-11-3-22-60(74)61-23-4-12-31-75(61)92)66(53-19-17-18-52(44-53)51-90)49-85(71)96-82-42-38-56(93-76-32-13-5-24-62(76)63-25-6-14-33-77(63)93)47-69(82)70-48-57(39-43-83(70)96)94-78-34-15-7-26-64(78)65-27-8-16-35-79(65)94/h1-50H. The number of hydrogen-bond acceptors (Lipinski definition) is 1. The zero-order valence-corrected chi connectivity index (χ0v) is 51.1. The molecular formula is C86H50F3N7. The molecule has 0 spiro atoms. The van der Waals surface area contributed by atoms with Crippen LogP contribution in [0.4, 0.5) is 13.2 Å². The maximum absolute atomic E-state index is 17.3. The van der Waals surface area contributed by atoms with E-state index in [-0.39, 0.29) is 5.69 Å². The second-order valence-electron chi connectivity index (χ2n) is 25.0. The minimum atomic E-state index is -4.89. The van der Waals surface area contributed by atoms with Gasteiger partial charge in [0, 0.05) is 92.9 Å². The van der Waals surface area contributed by atoms with Crippen molar-refractivity contribution in [1.82, 2.24) is 27.4 Å². The summed E-state index contributed by atoms with van der Waals surface area (Å²) in [7, 11) is 0. The molecule has 0 radical (unpaired) electrons. The smallest absolute Gasteiger partial charge is 0.309 e. The molecule has 0 saturated heterocycles. The van der Waals surface area contributed by atoms with E-state index in [4.69, 9.17) is 0 Å². The van der Waals surface area contributed by atoms with Gasteiger partial charge in [-0.05, 0) is 151 Å². The van der Waals surface area contributed by atoms with E-state index in [2.05, 4.69) is 243 Å².